The first-order chi connectivity index (χ1) is 9.04. The number of anilines is 1. The van der Waals surface area contributed by atoms with Crippen LogP contribution in [0.1, 0.15) is 18.9 Å². The Kier molecular flexibility index (Phi) is 3.74. The van der Waals surface area contributed by atoms with Crippen molar-refractivity contribution < 1.29 is 14.7 Å². The topological polar surface area (TPSA) is 83.6 Å². The number of nitrogens with zero attached hydrogens (tertiary/aromatic N) is 1. The molecule has 0 radical (unpaired) electrons. The predicted molar refractivity (Wildman–Crippen MR) is 71.9 cm³/mol. The Labute approximate surface area is 112 Å². The number of carbonyl (C=O) groups is 2. The quantitative estimate of drug-likeness (QED) is 0.848. The molecule has 0 saturated heterocycles. The van der Waals surface area contributed by atoms with Crippen molar-refractivity contribution in [2.24, 2.45) is 11.7 Å². The lowest BCUT2D eigenvalue weighted by atomic mass is 9.91. The van der Waals surface area contributed by atoms with Crippen molar-refractivity contribution in [2.75, 3.05) is 11.4 Å². The van der Waals surface area contributed by atoms with Crippen LogP contribution >= 0.6 is 0 Å². The number of benzene rings is 1. The zero-order valence-corrected chi connectivity index (χ0v) is 10.9. The van der Waals surface area contributed by atoms with Gasteiger partial charge in [-0.15, -0.1) is 0 Å². The highest BCUT2D eigenvalue weighted by molar-refractivity contribution is 5.85. The van der Waals surface area contributed by atoms with Crippen molar-refractivity contribution in [3.8, 4) is 0 Å². The van der Waals surface area contributed by atoms with E-state index in [-0.39, 0.29) is 0 Å². The van der Waals surface area contributed by atoms with Crippen molar-refractivity contribution in [3.63, 3.8) is 0 Å². The van der Waals surface area contributed by atoms with E-state index in [1.165, 1.54) is 0 Å². The summed E-state index contributed by atoms with van der Waals surface area (Å²) >= 11 is 0. The molecular formula is C14H18N2O3. The second-order valence-electron chi connectivity index (χ2n) is 4.85. The van der Waals surface area contributed by atoms with Gasteiger partial charge >= 0.3 is 5.97 Å². The second kappa shape index (κ2) is 5.30. The number of carboxylic acids is 1. The van der Waals surface area contributed by atoms with Gasteiger partial charge < -0.3 is 15.7 Å². The smallest absolute Gasteiger partial charge is 0.308 e. The van der Waals surface area contributed by atoms with Gasteiger partial charge in [0.05, 0.1) is 5.92 Å². The molecule has 2 rings (SSSR count). The number of hydrogen-bond acceptors (Lipinski definition) is 3. The SMILES string of the molecule is CCC(C(N)=O)N1CC(C(=O)O)Cc2ccccc21. The molecule has 1 heterocycles. The van der Waals surface area contributed by atoms with Crippen LogP contribution < -0.4 is 10.6 Å². The monoisotopic (exact) mass is 262 g/mol. The average Bonchev–Trinajstić information content (AvgIpc) is 2.38. The zero-order valence-electron chi connectivity index (χ0n) is 10.9. The van der Waals surface area contributed by atoms with Gasteiger partial charge in [-0.3, -0.25) is 9.59 Å². The Balaban J connectivity index is 2.41. The Morgan fingerprint density at radius 2 is 2.16 bits per heavy atom. The Bertz CT molecular complexity index is 501. The molecule has 0 bridgehead atoms. The summed E-state index contributed by atoms with van der Waals surface area (Å²) in [5.41, 5.74) is 7.31. The first-order valence-corrected chi connectivity index (χ1v) is 6.41. The van der Waals surface area contributed by atoms with E-state index in [1.54, 1.807) is 0 Å². The average molecular weight is 262 g/mol. The summed E-state index contributed by atoms with van der Waals surface area (Å²) in [6.07, 6.45) is 1.06. The van der Waals surface area contributed by atoms with E-state index in [4.69, 9.17) is 5.73 Å². The van der Waals surface area contributed by atoms with Crippen LogP contribution in [0.25, 0.3) is 0 Å². The first-order valence-electron chi connectivity index (χ1n) is 6.41. The van der Waals surface area contributed by atoms with Crippen molar-refractivity contribution in [1.82, 2.24) is 0 Å². The molecular weight excluding hydrogens is 244 g/mol. The number of aliphatic carboxylic acids is 1. The molecule has 2 atom stereocenters. The van der Waals surface area contributed by atoms with Crippen LogP contribution in [0.4, 0.5) is 5.69 Å². The van der Waals surface area contributed by atoms with Gasteiger partial charge in [-0.1, -0.05) is 25.1 Å². The zero-order chi connectivity index (χ0) is 14.0. The number of para-hydroxylation sites is 1. The highest BCUT2D eigenvalue weighted by Crippen LogP contribution is 2.31. The second-order valence-corrected chi connectivity index (χ2v) is 4.85. The summed E-state index contributed by atoms with van der Waals surface area (Å²) in [5, 5.41) is 9.23. The molecule has 3 N–H and O–H groups in total. The van der Waals surface area contributed by atoms with Crippen LogP contribution in [-0.2, 0) is 16.0 Å². The fraction of sp³-hybridized carbons (Fsp3) is 0.429. The van der Waals surface area contributed by atoms with Crippen molar-refractivity contribution in [2.45, 2.75) is 25.8 Å². The minimum absolute atomic E-state index is 0.327. The van der Waals surface area contributed by atoms with E-state index in [1.807, 2.05) is 36.1 Å². The van der Waals surface area contributed by atoms with E-state index in [9.17, 15) is 14.7 Å². The van der Waals surface area contributed by atoms with E-state index in [2.05, 4.69) is 0 Å². The maximum atomic E-state index is 11.5. The number of fused-ring (bicyclic) bond motifs is 1. The van der Waals surface area contributed by atoms with Gasteiger partial charge in [0.2, 0.25) is 5.91 Å². The summed E-state index contributed by atoms with van der Waals surface area (Å²) in [4.78, 5) is 24.6. The van der Waals surface area contributed by atoms with Crippen molar-refractivity contribution in [1.29, 1.82) is 0 Å². The summed E-state index contributed by atoms with van der Waals surface area (Å²) < 4.78 is 0. The molecule has 1 aliphatic rings. The molecule has 0 saturated carbocycles. The molecule has 0 fully saturated rings. The van der Waals surface area contributed by atoms with Gasteiger partial charge in [-0.25, -0.2) is 0 Å². The van der Waals surface area contributed by atoms with E-state index in [0.717, 1.165) is 11.3 Å². The van der Waals surface area contributed by atoms with Gasteiger partial charge in [0.15, 0.2) is 0 Å². The third-order valence-electron chi connectivity index (χ3n) is 3.63. The standard InChI is InChI=1S/C14H18N2O3/c1-2-11(13(15)17)16-8-10(14(18)19)7-9-5-3-4-6-12(9)16/h3-6,10-11H,2,7-8H2,1H3,(H2,15,17)(H,18,19). The number of primary amides is 1. The Morgan fingerprint density at radius 3 is 2.74 bits per heavy atom. The maximum absolute atomic E-state index is 11.5. The van der Waals surface area contributed by atoms with Crippen LogP contribution in [0, 0.1) is 5.92 Å². The van der Waals surface area contributed by atoms with Gasteiger partial charge in [0.1, 0.15) is 6.04 Å². The minimum Gasteiger partial charge on any atom is -0.481 e. The molecule has 0 spiro atoms. The van der Waals surface area contributed by atoms with Crippen LogP contribution in [0.2, 0.25) is 0 Å². The normalized spacial score (nSPS) is 19.6. The largest absolute Gasteiger partial charge is 0.481 e. The molecule has 5 heteroatoms. The summed E-state index contributed by atoms with van der Waals surface area (Å²) in [5.74, 6) is -1.74. The summed E-state index contributed by atoms with van der Waals surface area (Å²) in [6, 6.07) is 7.14. The molecule has 0 aromatic heterocycles. The highest BCUT2D eigenvalue weighted by Gasteiger charge is 2.33. The van der Waals surface area contributed by atoms with E-state index in [0.29, 0.717) is 19.4 Å². The minimum atomic E-state index is -0.834. The number of rotatable bonds is 4. The van der Waals surface area contributed by atoms with Crippen LogP contribution in [0.15, 0.2) is 24.3 Å². The predicted octanol–water partition coefficient (Wildman–Crippen LogP) is 1.01. The number of hydrogen-bond donors (Lipinski definition) is 2. The fourth-order valence-electron chi connectivity index (χ4n) is 2.67. The number of nitrogens with two attached hydrogens (primary N) is 1. The molecule has 1 amide bonds. The molecule has 0 aliphatic carbocycles. The molecule has 5 nitrogen and oxygen atoms in total. The van der Waals surface area contributed by atoms with E-state index < -0.39 is 23.8 Å². The Morgan fingerprint density at radius 1 is 1.47 bits per heavy atom. The lowest BCUT2D eigenvalue weighted by molar-refractivity contribution is -0.141. The molecule has 1 aliphatic heterocycles. The van der Waals surface area contributed by atoms with Crippen LogP contribution in [0.5, 0.6) is 0 Å². The van der Waals surface area contributed by atoms with Gasteiger partial charge in [-0.2, -0.15) is 0 Å². The number of amides is 1. The maximum Gasteiger partial charge on any atom is 0.308 e. The molecule has 102 valence electrons. The van der Waals surface area contributed by atoms with Crippen LogP contribution in [-0.4, -0.2) is 29.6 Å². The van der Waals surface area contributed by atoms with Crippen molar-refractivity contribution >= 4 is 17.6 Å². The molecule has 19 heavy (non-hydrogen) atoms. The lowest BCUT2D eigenvalue weighted by Crippen LogP contribution is -2.50. The number of carbonyl (C=O) groups excluding carboxylic acids is 1. The van der Waals surface area contributed by atoms with Gasteiger partial charge in [0, 0.05) is 12.2 Å². The Hall–Kier alpha value is -2.04. The third kappa shape index (κ3) is 2.54. The molecule has 2 unspecified atom stereocenters. The summed E-state index contributed by atoms with van der Waals surface area (Å²) in [7, 11) is 0. The third-order valence-corrected chi connectivity index (χ3v) is 3.63. The van der Waals surface area contributed by atoms with E-state index >= 15 is 0 Å². The molecule has 1 aromatic rings. The van der Waals surface area contributed by atoms with Crippen molar-refractivity contribution in [3.05, 3.63) is 29.8 Å². The fourth-order valence-corrected chi connectivity index (χ4v) is 2.67. The number of carboxylic acid groups (broad SMARTS) is 1. The molecule has 1 aromatic carbocycles. The first kappa shape index (κ1) is 13.4. The van der Waals surface area contributed by atoms with Gasteiger partial charge in [-0.05, 0) is 24.5 Å². The highest BCUT2D eigenvalue weighted by atomic mass is 16.4. The summed E-state index contributed by atoms with van der Waals surface area (Å²) in [6.45, 7) is 2.20. The van der Waals surface area contributed by atoms with Gasteiger partial charge in [0.25, 0.3) is 0 Å². The van der Waals surface area contributed by atoms with Crippen LogP contribution in [0.3, 0.4) is 0 Å². The lowest BCUT2D eigenvalue weighted by Gasteiger charge is -2.38.